The fraction of sp³-hybridized carbons (Fsp3) is 0.556. The predicted molar refractivity (Wildman–Crippen MR) is 105 cm³/mol. The van der Waals surface area contributed by atoms with Crippen molar-refractivity contribution in [2.45, 2.75) is 38.3 Å². The van der Waals surface area contributed by atoms with E-state index in [0.29, 0.717) is 11.3 Å². The van der Waals surface area contributed by atoms with Gasteiger partial charge in [0.2, 0.25) is 11.3 Å². The molecule has 3 aromatic heterocycles. The highest BCUT2D eigenvalue weighted by molar-refractivity contribution is 7.09. The smallest absolute Gasteiger partial charge is 0.245 e. The number of rotatable bonds is 5. The van der Waals surface area contributed by atoms with Crippen LogP contribution in [0.25, 0.3) is 11.3 Å². The normalized spacial score (nSPS) is 19.2. The molecule has 0 aromatic carbocycles. The van der Waals surface area contributed by atoms with Gasteiger partial charge < -0.3 is 10.2 Å². The Morgan fingerprint density at radius 1 is 1.07 bits per heavy atom. The lowest BCUT2D eigenvalue weighted by Crippen LogP contribution is -2.50. The summed E-state index contributed by atoms with van der Waals surface area (Å²) in [5.74, 6) is 1.60. The summed E-state index contributed by atoms with van der Waals surface area (Å²) >= 11 is 1.73. The lowest BCUT2D eigenvalue weighted by atomic mass is 10.2. The fourth-order valence-corrected chi connectivity index (χ4v) is 4.77. The minimum absolute atomic E-state index is 0.442. The van der Waals surface area contributed by atoms with E-state index in [9.17, 15) is 0 Å². The van der Waals surface area contributed by atoms with E-state index < -0.39 is 0 Å². The first kappa shape index (κ1) is 16.9. The quantitative estimate of drug-likeness (QED) is 0.718. The molecule has 5 rings (SSSR count). The highest BCUT2D eigenvalue weighted by Gasteiger charge is 2.28. The van der Waals surface area contributed by atoms with Gasteiger partial charge in [-0.3, -0.25) is 4.90 Å². The van der Waals surface area contributed by atoms with Crippen molar-refractivity contribution in [3.05, 3.63) is 22.4 Å². The summed E-state index contributed by atoms with van der Waals surface area (Å²) in [6.45, 7) is 4.78. The Morgan fingerprint density at radius 3 is 2.59 bits per heavy atom. The third kappa shape index (κ3) is 3.49. The summed E-state index contributed by atoms with van der Waals surface area (Å²) < 4.78 is 4.82. The van der Waals surface area contributed by atoms with Crippen LogP contribution in [-0.4, -0.2) is 57.4 Å². The minimum atomic E-state index is 0.442. The second-order valence-electron chi connectivity index (χ2n) is 7.20. The molecule has 8 nitrogen and oxygen atoms in total. The fourth-order valence-electron chi connectivity index (χ4n) is 4.12. The number of hydrogen-bond acceptors (Lipinski definition) is 9. The average molecular weight is 385 g/mol. The number of piperazine rings is 1. The monoisotopic (exact) mass is 385 g/mol. The summed E-state index contributed by atoms with van der Waals surface area (Å²) in [7, 11) is 0. The van der Waals surface area contributed by atoms with Crippen molar-refractivity contribution in [1.82, 2.24) is 25.2 Å². The van der Waals surface area contributed by atoms with Gasteiger partial charge in [-0.25, -0.2) is 14.6 Å². The Balaban J connectivity index is 1.35. The van der Waals surface area contributed by atoms with E-state index in [-0.39, 0.29) is 0 Å². The number of hydrogen-bond donors (Lipinski definition) is 1. The second kappa shape index (κ2) is 7.40. The van der Waals surface area contributed by atoms with Gasteiger partial charge in [0.15, 0.2) is 11.6 Å². The highest BCUT2D eigenvalue weighted by atomic mass is 32.1. The van der Waals surface area contributed by atoms with Gasteiger partial charge in [-0.1, -0.05) is 18.9 Å². The zero-order chi connectivity index (χ0) is 18.1. The number of nitrogens with one attached hydrogen (secondary N) is 1. The molecule has 0 radical (unpaired) electrons. The van der Waals surface area contributed by atoms with Crippen LogP contribution in [0.5, 0.6) is 0 Å². The highest BCUT2D eigenvalue weighted by Crippen LogP contribution is 2.28. The minimum Gasteiger partial charge on any atom is -0.362 e. The van der Waals surface area contributed by atoms with Gasteiger partial charge in [0.25, 0.3) is 0 Å². The maximum absolute atomic E-state index is 4.82. The number of nitrogens with zero attached hydrogens (tertiary/aromatic N) is 6. The van der Waals surface area contributed by atoms with Crippen LogP contribution in [0.15, 0.2) is 22.1 Å². The third-order valence-corrected chi connectivity index (χ3v) is 6.44. The molecule has 0 atom stereocenters. The first-order valence-electron chi connectivity index (χ1n) is 9.62. The molecule has 4 heterocycles. The number of fused-ring (bicyclic) bond motifs is 1. The Morgan fingerprint density at radius 2 is 1.85 bits per heavy atom. The zero-order valence-electron chi connectivity index (χ0n) is 15.2. The van der Waals surface area contributed by atoms with Crippen LogP contribution < -0.4 is 10.2 Å². The van der Waals surface area contributed by atoms with Gasteiger partial charge in [-0.15, -0.1) is 11.3 Å². The molecule has 0 spiro atoms. The molecule has 0 bridgehead atoms. The third-order valence-electron chi connectivity index (χ3n) is 5.56. The molecule has 0 amide bonds. The van der Waals surface area contributed by atoms with Crippen molar-refractivity contribution < 1.29 is 4.63 Å². The van der Waals surface area contributed by atoms with Gasteiger partial charge in [0.05, 0.1) is 6.54 Å². The lowest BCUT2D eigenvalue weighted by Gasteiger charge is -2.38. The van der Waals surface area contributed by atoms with Gasteiger partial charge >= 0.3 is 0 Å². The molecular weight excluding hydrogens is 362 g/mol. The van der Waals surface area contributed by atoms with Gasteiger partial charge in [-0.05, 0) is 34.6 Å². The summed E-state index contributed by atoms with van der Waals surface area (Å²) in [6, 6.07) is 4.94. The summed E-state index contributed by atoms with van der Waals surface area (Å²) in [4.78, 5) is 15.5. The number of aromatic nitrogens is 4. The van der Waals surface area contributed by atoms with E-state index in [2.05, 4.69) is 47.9 Å². The summed E-state index contributed by atoms with van der Waals surface area (Å²) in [5.41, 5.74) is 0.905. The zero-order valence-corrected chi connectivity index (χ0v) is 16.0. The van der Waals surface area contributed by atoms with Crippen LogP contribution in [0, 0.1) is 0 Å². The maximum Gasteiger partial charge on any atom is 0.245 e. The van der Waals surface area contributed by atoms with Crippen LogP contribution in [0.4, 0.5) is 11.6 Å². The molecular formula is C18H23N7OS. The molecule has 2 fully saturated rings. The van der Waals surface area contributed by atoms with E-state index in [4.69, 9.17) is 9.61 Å². The Hall–Kier alpha value is -2.26. The maximum atomic E-state index is 4.82. The Kier molecular flexibility index (Phi) is 4.62. The number of thiophene rings is 1. The molecule has 0 unspecified atom stereocenters. The molecule has 9 heteroatoms. The van der Waals surface area contributed by atoms with E-state index in [1.165, 1.54) is 30.6 Å². The van der Waals surface area contributed by atoms with Crippen molar-refractivity contribution in [3.8, 4) is 0 Å². The van der Waals surface area contributed by atoms with Gasteiger partial charge in [0.1, 0.15) is 0 Å². The van der Waals surface area contributed by atoms with Crippen LogP contribution in [0.1, 0.15) is 30.6 Å². The van der Waals surface area contributed by atoms with Crippen LogP contribution in [0.3, 0.4) is 0 Å². The van der Waals surface area contributed by atoms with Crippen molar-refractivity contribution in [2.24, 2.45) is 0 Å². The van der Waals surface area contributed by atoms with Crippen molar-refractivity contribution >= 4 is 34.3 Å². The van der Waals surface area contributed by atoms with Crippen molar-refractivity contribution in [3.63, 3.8) is 0 Å². The van der Waals surface area contributed by atoms with E-state index >= 15 is 0 Å². The van der Waals surface area contributed by atoms with Crippen molar-refractivity contribution in [1.29, 1.82) is 0 Å². The molecule has 2 aliphatic rings. The molecule has 1 saturated heterocycles. The largest absolute Gasteiger partial charge is 0.362 e. The molecule has 1 saturated carbocycles. The van der Waals surface area contributed by atoms with E-state index in [1.807, 2.05) is 0 Å². The number of anilines is 2. The molecule has 1 N–H and O–H groups in total. The second-order valence-corrected chi connectivity index (χ2v) is 8.23. The lowest BCUT2D eigenvalue weighted by molar-refractivity contribution is 0.187. The molecule has 1 aliphatic carbocycles. The predicted octanol–water partition coefficient (Wildman–Crippen LogP) is 2.75. The Labute approximate surface area is 161 Å². The van der Waals surface area contributed by atoms with E-state index in [1.54, 1.807) is 11.3 Å². The topological polar surface area (TPSA) is 83.2 Å². The molecule has 3 aromatic rings. The average Bonchev–Trinajstić information content (AvgIpc) is 3.48. The molecule has 142 valence electrons. The molecule has 1 aliphatic heterocycles. The van der Waals surface area contributed by atoms with Crippen LogP contribution >= 0.6 is 11.3 Å². The SMILES string of the molecule is c1csc(CNc2nc3nonc3nc2N2CCN(C3CCCC3)CC2)c1. The van der Waals surface area contributed by atoms with Crippen molar-refractivity contribution in [2.75, 3.05) is 36.4 Å². The first-order valence-corrected chi connectivity index (χ1v) is 10.5. The Bertz CT molecular complexity index is 882. The van der Waals surface area contributed by atoms with Crippen LogP contribution in [-0.2, 0) is 6.54 Å². The van der Waals surface area contributed by atoms with Gasteiger partial charge in [0, 0.05) is 37.1 Å². The standard InChI is InChI=1S/C18H23N7OS/c1-2-5-13(4-1)24-7-9-25(10-8-24)18-17(19-12-14-6-3-11-27-14)20-15-16(21-18)23-26-22-15/h3,6,11,13H,1-2,4-5,7-10,12H2,(H,19,20,22). The van der Waals surface area contributed by atoms with E-state index in [0.717, 1.165) is 50.4 Å². The summed E-state index contributed by atoms with van der Waals surface area (Å²) in [5, 5.41) is 13.2. The molecule has 27 heavy (non-hydrogen) atoms. The van der Waals surface area contributed by atoms with Crippen LogP contribution in [0.2, 0.25) is 0 Å². The first-order chi connectivity index (χ1) is 13.4. The summed E-state index contributed by atoms with van der Waals surface area (Å²) in [6.07, 6.45) is 5.46. The van der Waals surface area contributed by atoms with Gasteiger partial charge in [-0.2, -0.15) is 0 Å².